The summed E-state index contributed by atoms with van der Waals surface area (Å²) in [5.41, 5.74) is 2.23. The molecule has 0 aliphatic heterocycles. The van der Waals surface area contributed by atoms with Crippen molar-refractivity contribution in [2.45, 2.75) is 39.8 Å². The lowest BCUT2D eigenvalue weighted by Gasteiger charge is -2.12. The SMILES string of the molecule is Cc1nc(CNC(C)Cc2ccc(Cl)cc2)oc1C. The second-order valence-corrected chi connectivity index (χ2v) is 5.30. The fourth-order valence-corrected chi connectivity index (χ4v) is 2.05. The number of benzene rings is 1. The Hall–Kier alpha value is -1.32. The van der Waals surface area contributed by atoms with Crippen LogP contribution in [0, 0.1) is 13.8 Å². The molecule has 4 heteroatoms. The largest absolute Gasteiger partial charge is 0.444 e. The minimum Gasteiger partial charge on any atom is -0.444 e. The van der Waals surface area contributed by atoms with Crippen molar-refractivity contribution in [1.29, 1.82) is 0 Å². The highest BCUT2D eigenvalue weighted by atomic mass is 35.5. The predicted octanol–water partition coefficient (Wildman–Crippen LogP) is 3.67. The summed E-state index contributed by atoms with van der Waals surface area (Å²) < 4.78 is 5.54. The van der Waals surface area contributed by atoms with Crippen LogP contribution in [0.2, 0.25) is 5.02 Å². The van der Waals surface area contributed by atoms with Crippen molar-refractivity contribution in [3.8, 4) is 0 Å². The molecule has 0 fully saturated rings. The standard InChI is InChI=1S/C15H19ClN2O/c1-10(8-13-4-6-14(16)7-5-13)17-9-15-18-11(2)12(3)19-15/h4-7,10,17H,8-9H2,1-3H3. The zero-order valence-electron chi connectivity index (χ0n) is 11.5. The Labute approximate surface area is 119 Å². The van der Waals surface area contributed by atoms with Crippen LogP contribution in [0.25, 0.3) is 0 Å². The number of halogens is 1. The topological polar surface area (TPSA) is 38.1 Å². The number of aryl methyl sites for hydroxylation is 2. The van der Waals surface area contributed by atoms with Gasteiger partial charge in [0.25, 0.3) is 0 Å². The van der Waals surface area contributed by atoms with Gasteiger partial charge in [-0.3, -0.25) is 0 Å². The maximum Gasteiger partial charge on any atom is 0.208 e. The summed E-state index contributed by atoms with van der Waals surface area (Å²) in [7, 11) is 0. The predicted molar refractivity (Wildman–Crippen MR) is 77.4 cm³/mol. The molecular formula is C15H19ClN2O. The lowest BCUT2D eigenvalue weighted by Crippen LogP contribution is -2.27. The summed E-state index contributed by atoms with van der Waals surface area (Å²) in [6, 6.07) is 8.31. The first-order valence-electron chi connectivity index (χ1n) is 6.45. The third-order valence-electron chi connectivity index (χ3n) is 3.13. The fourth-order valence-electron chi connectivity index (χ4n) is 1.92. The quantitative estimate of drug-likeness (QED) is 0.907. The molecule has 1 atom stereocenters. The average molecular weight is 279 g/mol. The van der Waals surface area contributed by atoms with E-state index in [2.05, 4.69) is 29.4 Å². The Morgan fingerprint density at radius 2 is 1.95 bits per heavy atom. The molecule has 1 heterocycles. The van der Waals surface area contributed by atoms with Gasteiger partial charge in [0.2, 0.25) is 5.89 Å². The molecule has 0 amide bonds. The maximum absolute atomic E-state index is 5.87. The normalized spacial score (nSPS) is 12.6. The first kappa shape index (κ1) is 14.1. The van der Waals surface area contributed by atoms with Gasteiger partial charge < -0.3 is 9.73 Å². The van der Waals surface area contributed by atoms with Gasteiger partial charge in [-0.25, -0.2) is 4.98 Å². The molecule has 2 rings (SSSR count). The van der Waals surface area contributed by atoms with Gasteiger partial charge in [0.15, 0.2) is 0 Å². The highest BCUT2D eigenvalue weighted by molar-refractivity contribution is 6.30. The monoisotopic (exact) mass is 278 g/mol. The summed E-state index contributed by atoms with van der Waals surface area (Å²) in [5.74, 6) is 1.64. The molecule has 0 saturated heterocycles. The number of hydrogen-bond donors (Lipinski definition) is 1. The van der Waals surface area contributed by atoms with E-state index in [0.717, 1.165) is 28.8 Å². The molecule has 1 N–H and O–H groups in total. The van der Waals surface area contributed by atoms with Crippen molar-refractivity contribution < 1.29 is 4.42 Å². The van der Waals surface area contributed by atoms with Gasteiger partial charge in [0.05, 0.1) is 12.2 Å². The van der Waals surface area contributed by atoms with Crippen molar-refractivity contribution in [1.82, 2.24) is 10.3 Å². The fraction of sp³-hybridized carbons (Fsp3) is 0.400. The minimum absolute atomic E-state index is 0.355. The first-order chi connectivity index (χ1) is 9.04. The Kier molecular flexibility index (Phi) is 4.61. The van der Waals surface area contributed by atoms with E-state index < -0.39 is 0 Å². The molecule has 0 spiro atoms. The van der Waals surface area contributed by atoms with Crippen molar-refractivity contribution >= 4 is 11.6 Å². The summed E-state index contributed by atoms with van der Waals surface area (Å²) in [6.45, 7) is 6.70. The Morgan fingerprint density at radius 3 is 2.53 bits per heavy atom. The second-order valence-electron chi connectivity index (χ2n) is 4.86. The van der Waals surface area contributed by atoms with Crippen molar-refractivity contribution in [3.05, 3.63) is 52.2 Å². The number of hydrogen-bond acceptors (Lipinski definition) is 3. The first-order valence-corrected chi connectivity index (χ1v) is 6.83. The lowest BCUT2D eigenvalue weighted by molar-refractivity contribution is 0.427. The summed E-state index contributed by atoms with van der Waals surface area (Å²) in [5, 5.41) is 4.19. The van der Waals surface area contributed by atoms with E-state index in [0.29, 0.717) is 12.6 Å². The van der Waals surface area contributed by atoms with Gasteiger partial charge in [0.1, 0.15) is 5.76 Å². The number of rotatable bonds is 5. The van der Waals surface area contributed by atoms with Crippen LogP contribution in [0.5, 0.6) is 0 Å². The van der Waals surface area contributed by atoms with E-state index in [1.165, 1.54) is 5.56 Å². The number of oxazole rings is 1. The third kappa shape index (κ3) is 4.08. The number of nitrogens with zero attached hydrogens (tertiary/aromatic N) is 1. The van der Waals surface area contributed by atoms with Crippen LogP contribution in [0.15, 0.2) is 28.7 Å². The van der Waals surface area contributed by atoms with Crippen LogP contribution in [0.3, 0.4) is 0 Å². The number of aromatic nitrogens is 1. The molecule has 0 aliphatic carbocycles. The molecule has 2 aromatic rings. The molecule has 3 nitrogen and oxygen atoms in total. The molecule has 1 aromatic carbocycles. The maximum atomic E-state index is 5.87. The summed E-state index contributed by atoms with van der Waals surface area (Å²) >= 11 is 5.87. The molecule has 0 saturated carbocycles. The summed E-state index contributed by atoms with van der Waals surface area (Å²) in [6.07, 6.45) is 0.954. The Morgan fingerprint density at radius 1 is 1.26 bits per heavy atom. The van der Waals surface area contributed by atoms with Gasteiger partial charge in [-0.05, 0) is 44.9 Å². The molecule has 0 bridgehead atoms. The van der Waals surface area contributed by atoms with Gasteiger partial charge in [-0.15, -0.1) is 0 Å². The highest BCUT2D eigenvalue weighted by Crippen LogP contribution is 2.12. The molecular weight excluding hydrogens is 260 g/mol. The zero-order chi connectivity index (χ0) is 13.8. The van der Waals surface area contributed by atoms with E-state index in [9.17, 15) is 0 Å². The molecule has 19 heavy (non-hydrogen) atoms. The molecule has 102 valence electrons. The van der Waals surface area contributed by atoms with E-state index >= 15 is 0 Å². The Bertz CT molecular complexity index is 514. The van der Waals surface area contributed by atoms with Gasteiger partial charge in [0, 0.05) is 11.1 Å². The van der Waals surface area contributed by atoms with Crippen LogP contribution in [0.1, 0.15) is 29.8 Å². The van der Waals surface area contributed by atoms with Gasteiger partial charge in [-0.2, -0.15) is 0 Å². The van der Waals surface area contributed by atoms with Crippen LogP contribution in [-0.2, 0) is 13.0 Å². The van der Waals surface area contributed by atoms with Crippen molar-refractivity contribution in [2.75, 3.05) is 0 Å². The molecule has 0 aliphatic rings. The van der Waals surface area contributed by atoms with E-state index in [4.69, 9.17) is 16.0 Å². The van der Waals surface area contributed by atoms with Crippen LogP contribution in [0.4, 0.5) is 0 Å². The minimum atomic E-state index is 0.355. The highest BCUT2D eigenvalue weighted by Gasteiger charge is 2.08. The van der Waals surface area contributed by atoms with Crippen molar-refractivity contribution in [3.63, 3.8) is 0 Å². The van der Waals surface area contributed by atoms with Gasteiger partial charge in [-0.1, -0.05) is 23.7 Å². The van der Waals surface area contributed by atoms with E-state index in [1.807, 2.05) is 26.0 Å². The average Bonchev–Trinajstić information content (AvgIpc) is 2.69. The number of nitrogens with one attached hydrogen (secondary N) is 1. The molecule has 1 aromatic heterocycles. The van der Waals surface area contributed by atoms with Gasteiger partial charge >= 0.3 is 0 Å². The lowest BCUT2D eigenvalue weighted by atomic mass is 10.1. The molecule has 1 unspecified atom stereocenters. The van der Waals surface area contributed by atoms with Crippen molar-refractivity contribution in [2.24, 2.45) is 0 Å². The second kappa shape index (κ2) is 6.22. The van der Waals surface area contributed by atoms with E-state index in [1.54, 1.807) is 0 Å². The third-order valence-corrected chi connectivity index (χ3v) is 3.38. The zero-order valence-corrected chi connectivity index (χ0v) is 12.3. The van der Waals surface area contributed by atoms with E-state index in [-0.39, 0.29) is 0 Å². The van der Waals surface area contributed by atoms with Crippen LogP contribution < -0.4 is 5.32 Å². The van der Waals surface area contributed by atoms with Crippen LogP contribution in [-0.4, -0.2) is 11.0 Å². The van der Waals surface area contributed by atoms with Crippen LogP contribution >= 0.6 is 11.6 Å². The smallest absolute Gasteiger partial charge is 0.208 e. The Balaban J connectivity index is 1.84. The molecule has 0 radical (unpaired) electrons. The summed E-state index contributed by atoms with van der Waals surface area (Å²) in [4.78, 5) is 4.35.